The Balaban J connectivity index is 3.30. The summed E-state index contributed by atoms with van der Waals surface area (Å²) in [6.07, 6.45) is 8.92. The van der Waals surface area contributed by atoms with Gasteiger partial charge in [-0.2, -0.15) is 0 Å². The lowest BCUT2D eigenvalue weighted by atomic mass is 10.1. The molecule has 0 saturated heterocycles. The fourth-order valence-corrected chi connectivity index (χ4v) is 3.65. The summed E-state index contributed by atoms with van der Waals surface area (Å²) in [7, 11) is -1.68. The van der Waals surface area contributed by atoms with Gasteiger partial charge in [-0.05, 0) is 24.6 Å². The van der Waals surface area contributed by atoms with Crippen LogP contribution in [0.2, 0.25) is 18.1 Å². The van der Waals surface area contributed by atoms with Crippen molar-refractivity contribution in [2.75, 3.05) is 52.9 Å². The largest absolute Gasteiger partial charge is 0.463 e. The van der Waals surface area contributed by atoms with Crippen molar-refractivity contribution in [3.63, 3.8) is 0 Å². The molecular formula is C24H50O6Si. The summed E-state index contributed by atoms with van der Waals surface area (Å²) >= 11 is 0. The third kappa shape index (κ3) is 18.8. The summed E-state index contributed by atoms with van der Waals surface area (Å²) in [5.41, 5.74) is 0. The minimum atomic E-state index is -1.68. The van der Waals surface area contributed by atoms with E-state index in [1.165, 1.54) is 32.1 Å². The van der Waals surface area contributed by atoms with Gasteiger partial charge in [0.1, 0.15) is 6.61 Å². The van der Waals surface area contributed by atoms with E-state index in [1.54, 1.807) is 0 Å². The van der Waals surface area contributed by atoms with Crippen LogP contribution in [0.25, 0.3) is 0 Å². The molecule has 7 heteroatoms. The molecule has 0 aliphatic carbocycles. The zero-order chi connectivity index (χ0) is 23.4. The van der Waals surface area contributed by atoms with Crippen LogP contribution in [0, 0.1) is 0 Å². The maximum absolute atomic E-state index is 11.6. The third-order valence-electron chi connectivity index (χ3n) is 5.72. The molecule has 0 aliphatic heterocycles. The number of hydrogen-bond acceptors (Lipinski definition) is 6. The van der Waals surface area contributed by atoms with Gasteiger partial charge < -0.3 is 23.4 Å². The highest BCUT2D eigenvalue weighted by Gasteiger charge is 2.36. The smallest absolute Gasteiger partial charge is 0.305 e. The van der Waals surface area contributed by atoms with Crippen molar-refractivity contribution >= 4 is 14.3 Å². The lowest BCUT2D eigenvalue weighted by Gasteiger charge is -2.36. The molecule has 186 valence electrons. The van der Waals surface area contributed by atoms with Gasteiger partial charge in [0.05, 0.1) is 46.2 Å². The highest BCUT2D eigenvalue weighted by Crippen LogP contribution is 2.36. The van der Waals surface area contributed by atoms with Crippen molar-refractivity contribution in [1.29, 1.82) is 0 Å². The van der Waals surface area contributed by atoms with Crippen molar-refractivity contribution in [2.24, 2.45) is 0 Å². The first-order valence-corrected chi connectivity index (χ1v) is 15.1. The van der Waals surface area contributed by atoms with Crippen molar-refractivity contribution in [1.82, 2.24) is 0 Å². The molecule has 0 amide bonds. The Morgan fingerprint density at radius 2 is 1.13 bits per heavy atom. The molecule has 0 atom stereocenters. The Hall–Kier alpha value is -0.473. The van der Waals surface area contributed by atoms with Crippen molar-refractivity contribution in [2.45, 2.75) is 97.2 Å². The number of hydrogen-bond donors (Lipinski definition) is 0. The average molecular weight is 463 g/mol. The SMILES string of the molecule is CCCCCCCCCC(=O)OCCOCCOCCOCCO[Si](C)(C)C(C)(C)C. The molecule has 0 radical (unpaired) electrons. The molecule has 0 rings (SSSR count). The van der Waals surface area contributed by atoms with Gasteiger partial charge in [0, 0.05) is 6.42 Å². The molecular weight excluding hydrogens is 412 g/mol. The van der Waals surface area contributed by atoms with Crippen LogP contribution in [0.1, 0.15) is 79.1 Å². The average Bonchev–Trinajstić information content (AvgIpc) is 2.69. The van der Waals surface area contributed by atoms with Gasteiger partial charge in [0.15, 0.2) is 8.32 Å². The van der Waals surface area contributed by atoms with Gasteiger partial charge in [-0.15, -0.1) is 0 Å². The molecule has 0 heterocycles. The Kier molecular flexibility index (Phi) is 18.7. The first kappa shape index (κ1) is 30.5. The second-order valence-corrected chi connectivity index (χ2v) is 14.3. The van der Waals surface area contributed by atoms with E-state index in [-0.39, 0.29) is 11.0 Å². The van der Waals surface area contributed by atoms with Gasteiger partial charge in [-0.1, -0.05) is 66.2 Å². The Labute approximate surface area is 192 Å². The standard InChI is InChI=1S/C24H50O6Si/c1-7-8-9-10-11-12-13-14-23(25)29-21-19-27-17-15-26-16-18-28-20-22-30-31(5,6)24(2,3)4/h7-22H2,1-6H3. The quantitative estimate of drug-likeness (QED) is 0.123. The van der Waals surface area contributed by atoms with Crippen LogP contribution >= 0.6 is 0 Å². The van der Waals surface area contributed by atoms with Gasteiger partial charge in [0.25, 0.3) is 0 Å². The zero-order valence-electron chi connectivity index (χ0n) is 21.3. The van der Waals surface area contributed by atoms with E-state index in [4.69, 9.17) is 23.4 Å². The van der Waals surface area contributed by atoms with E-state index < -0.39 is 8.32 Å². The summed E-state index contributed by atoms with van der Waals surface area (Å²) < 4.78 is 27.7. The fourth-order valence-electron chi connectivity index (χ4n) is 2.63. The maximum atomic E-state index is 11.6. The number of carbonyl (C=O) groups excluding carboxylic acids is 1. The number of carbonyl (C=O) groups is 1. The molecule has 0 fully saturated rings. The van der Waals surface area contributed by atoms with E-state index in [2.05, 4.69) is 40.8 Å². The predicted octanol–water partition coefficient (Wildman–Crippen LogP) is 5.74. The lowest BCUT2D eigenvalue weighted by Crippen LogP contribution is -2.41. The van der Waals surface area contributed by atoms with Crippen LogP contribution in [0.3, 0.4) is 0 Å². The van der Waals surface area contributed by atoms with Crippen LogP contribution in [0.5, 0.6) is 0 Å². The third-order valence-corrected chi connectivity index (χ3v) is 10.3. The van der Waals surface area contributed by atoms with Crippen molar-refractivity contribution in [3.05, 3.63) is 0 Å². The second kappa shape index (κ2) is 19.0. The van der Waals surface area contributed by atoms with E-state index in [1.807, 2.05) is 0 Å². The fraction of sp³-hybridized carbons (Fsp3) is 0.958. The van der Waals surface area contributed by atoms with Crippen LogP contribution in [0.15, 0.2) is 0 Å². The Morgan fingerprint density at radius 1 is 0.677 bits per heavy atom. The zero-order valence-corrected chi connectivity index (χ0v) is 22.3. The molecule has 0 aromatic carbocycles. The van der Waals surface area contributed by atoms with Gasteiger partial charge in [0.2, 0.25) is 0 Å². The molecule has 0 aromatic heterocycles. The normalized spacial score (nSPS) is 12.3. The van der Waals surface area contributed by atoms with Gasteiger partial charge in [-0.3, -0.25) is 4.79 Å². The highest BCUT2D eigenvalue weighted by atomic mass is 28.4. The molecule has 0 bridgehead atoms. The van der Waals surface area contributed by atoms with Crippen LogP contribution < -0.4 is 0 Å². The summed E-state index contributed by atoms with van der Waals surface area (Å²) in [5.74, 6) is -0.122. The second-order valence-electron chi connectivity index (χ2n) is 9.54. The summed E-state index contributed by atoms with van der Waals surface area (Å²) in [4.78, 5) is 11.6. The van der Waals surface area contributed by atoms with E-state index in [0.717, 1.165) is 12.8 Å². The first-order valence-electron chi connectivity index (χ1n) is 12.2. The van der Waals surface area contributed by atoms with E-state index in [0.29, 0.717) is 59.3 Å². The summed E-state index contributed by atoms with van der Waals surface area (Å²) in [5, 5.41) is 0.224. The van der Waals surface area contributed by atoms with Gasteiger partial charge >= 0.3 is 5.97 Å². The van der Waals surface area contributed by atoms with Crippen molar-refractivity contribution in [3.8, 4) is 0 Å². The number of unbranched alkanes of at least 4 members (excludes halogenated alkanes) is 6. The minimum Gasteiger partial charge on any atom is -0.463 e. The number of ether oxygens (including phenoxy) is 4. The summed E-state index contributed by atoms with van der Waals surface area (Å²) in [6, 6.07) is 0. The molecule has 0 N–H and O–H groups in total. The molecule has 0 unspecified atom stereocenters. The van der Waals surface area contributed by atoms with Gasteiger partial charge in [-0.25, -0.2) is 0 Å². The minimum absolute atomic E-state index is 0.122. The Morgan fingerprint density at radius 3 is 1.65 bits per heavy atom. The highest BCUT2D eigenvalue weighted by molar-refractivity contribution is 6.74. The molecule has 0 aliphatic rings. The monoisotopic (exact) mass is 462 g/mol. The van der Waals surface area contributed by atoms with E-state index >= 15 is 0 Å². The molecule has 6 nitrogen and oxygen atoms in total. The number of esters is 1. The summed E-state index contributed by atoms with van der Waals surface area (Å²) in [6.45, 7) is 17.4. The van der Waals surface area contributed by atoms with Crippen LogP contribution in [-0.2, 0) is 28.2 Å². The van der Waals surface area contributed by atoms with E-state index in [9.17, 15) is 4.79 Å². The molecule has 31 heavy (non-hydrogen) atoms. The predicted molar refractivity (Wildman–Crippen MR) is 129 cm³/mol. The molecule has 0 spiro atoms. The molecule has 0 saturated carbocycles. The maximum Gasteiger partial charge on any atom is 0.305 e. The number of rotatable bonds is 21. The first-order chi connectivity index (χ1) is 14.7. The molecule has 0 aromatic rings. The lowest BCUT2D eigenvalue weighted by molar-refractivity contribution is -0.145. The Bertz CT molecular complexity index is 423. The van der Waals surface area contributed by atoms with Crippen LogP contribution in [-0.4, -0.2) is 67.1 Å². The topological polar surface area (TPSA) is 63.2 Å². The van der Waals surface area contributed by atoms with Crippen molar-refractivity contribution < 1.29 is 28.2 Å². The van der Waals surface area contributed by atoms with Crippen LogP contribution in [0.4, 0.5) is 0 Å².